The summed E-state index contributed by atoms with van der Waals surface area (Å²) >= 11 is 0. The number of pyridine rings is 1. The zero-order valence-electron chi connectivity index (χ0n) is 14.1. The molecule has 0 unspecified atom stereocenters. The number of alkyl halides is 3. The molecule has 1 aromatic heterocycles. The van der Waals surface area contributed by atoms with Gasteiger partial charge in [0.2, 0.25) is 10.0 Å². The third-order valence-electron chi connectivity index (χ3n) is 4.34. The molecule has 140 valence electrons. The Balaban J connectivity index is 1.80. The Morgan fingerprint density at radius 3 is 2.27 bits per heavy atom. The molecular weight excluding hydrogens is 367 g/mol. The lowest BCUT2D eigenvalue weighted by atomic mass is 10.2. The highest BCUT2D eigenvalue weighted by Crippen LogP contribution is 2.35. The number of aryl methyl sites for hydroxylation is 1. The molecular formula is C17H18F3N3O2S. The molecule has 0 N–H and O–H groups in total. The molecule has 1 saturated heterocycles. The zero-order chi connectivity index (χ0) is 18.9. The van der Waals surface area contributed by atoms with E-state index in [0.717, 1.165) is 6.07 Å². The molecule has 0 radical (unpaired) electrons. The van der Waals surface area contributed by atoms with Crippen molar-refractivity contribution in [3.8, 4) is 0 Å². The van der Waals surface area contributed by atoms with E-state index < -0.39 is 21.8 Å². The smallest absolute Gasteiger partial charge is 0.353 e. The Morgan fingerprint density at radius 2 is 1.65 bits per heavy atom. The second-order valence-electron chi connectivity index (χ2n) is 6.03. The molecule has 26 heavy (non-hydrogen) atoms. The maximum absolute atomic E-state index is 13.2. The van der Waals surface area contributed by atoms with Crippen LogP contribution >= 0.6 is 0 Å². The summed E-state index contributed by atoms with van der Waals surface area (Å²) in [6.45, 7) is 2.21. The predicted molar refractivity (Wildman–Crippen MR) is 91.4 cm³/mol. The maximum atomic E-state index is 13.2. The monoisotopic (exact) mass is 385 g/mol. The summed E-state index contributed by atoms with van der Waals surface area (Å²) in [4.78, 5) is 5.57. The van der Waals surface area contributed by atoms with Crippen molar-refractivity contribution in [3.05, 3.63) is 53.7 Å². The van der Waals surface area contributed by atoms with Crippen LogP contribution in [0.25, 0.3) is 0 Å². The van der Waals surface area contributed by atoms with Gasteiger partial charge in [-0.15, -0.1) is 0 Å². The van der Waals surface area contributed by atoms with E-state index >= 15 is 0 Å². The normalized spacial score (nSPS) is 16.7. The van der Waals surface area contributed by atoms with E-state index in [1.165, 1.54) is 27.5 Å². The number of hydrogen-bond donors (Lipinski definition) is 0. The molecule has 9 heteroatoms. The van der Waals surface area contributed by atoms with E-state index in [1.54, 1.807) is 25.1 Å². The number of hydrogen-bond acceptors (Lipinski definition) is 4. The average Bonchev–Trinajstić information content (AvgIpc) is 2.61. The van der Waals surface area contributed by atoms with Gasteiger partial charge in [0.05, 0.1) is 10.5 Å². The molecule has 0 bridgehead atoms. The third kappa shape index (κ3) is 3.54. The SMILES string of the molecule is Cc1ccccc1S(=O)(=O)N1CCN(c2ncccc2C(F)(F)F)CC1. The first-order chi connectivity index (χ1) is 12.2. The molecule has 3 rings (SSSR count). The summed E-state index contributed by atoms with van der Waals surface area (Å²) in [7, 11) is -3.67. The van der Waals surface area contributed by atoms with Gasteiger partial charge < -0.3 is 4.90 Å². The van der Waals surface area contributed by atoms with Gasteiger partial charge >= 0.3 is 6.18 Å². The Kier molecular flexibility index (Phi) is 4.94. The van der Waals surface area contributed by atoms with E-state index in [-0.39, 0.29) is 36.9 Å². The maximum Gasteiger partial charge on any atom is 0.419 e. The summed E-state index contributed by atoms with van der Waals surface area (Å²) in [5.74, 6) is -0.159. The molecule has 2 aromatic rings. The fourth-order valence-corrected chi connectivity index (χ4v) is 4.64. The van der Waals surface area contributed by atoms with Crippen LogP contribution in [0.3, 0.4) is 0 Å². The van der Waals surface area contributed by atoms with E-state index in [9.17, 15) is 21.6 Å². The van der Waals surface area contributed by atoms with Gasteiger partial charge in [-0.2, -0.15) is 17.5 Å². The van der Waals surface area contributed by atoms with Crippen molar-refractivity contribution >= 4 is 15.8 Å². The molecule has 0 aliphatic carbocycles. The minimum atomic E-state index is -4.51. The first-order valence-electron chi connectivity index (χ1n) is 8.04. The van der Waals surface area contributed by atoms with Crippen molar-refractivity contribution in [2.24, 2.45) is 0 Å². The van der Waals surface area contributed by atoms with Gasteiger partial charge in [-0.05, 0) is 30.7 Å². The zero-order valence-corrected chi connectivity index (χ0v) is 14.9. The van der Waals surface area contributed by atoms with Gasteiger partial charge in [-0.3, -0.25) is 0 Å². The van der Waals surface area contributed by atoms with E-state index in [2.05, 4.69) is 4.98 Å². The number of rotatable bonds is 3. The number of benzene rings is 1. The van der Waals surface area contributed by atoms with Crippen LogP contribution in [-0.4, -0.2) is 43.9 Å². The van der Waals surface area contributed by atoms with Crippen LogP contribution in [0.1, 0.15) is 11.1 Å². The van der Waals surface area contributed by atoms with Crippen LogP contribution in [0, 0.1) is 6.92 Å². The van der Waals surface area contributed by atoms with Gasteiger partial charge in [-0.25, -0.2) is 13.4 Å². The van der Waals surface area contributed by atoms with Crippen LogP contribution in [-0.2, 0) is 16.2 Å². The number of anilines is 1. The molecule has 0 saturated carbocycles. The predicted octanol–water partition coefficient (Wildman–Crippen LogP) is 2.92. The van der Waals surface area contributed by atoms with E-state index in [4.69, 9.17) is 0 Å². The van der Waals surface area contributed by atoms with Crippen LogP contribution in [0.15, 0.2) is 47.5 Å². The fourth-order valence-electron chi connectivity index (χ4n) is 3.00. The Labute approximate surface area is 150 Å². The molecule has 0 amide bonds. The van der Waals surface area contributed by atoms with Crippen LogP contribution < -0.4 is 4.90 Å². The summed E-state index contributed by atoms with van der Waals surface area (Å²) in [5, 5.41) is 0. The highest BCUT2D eigenvalue weighted by molar-refractivity contribution is 7.89. The minimum Gasteiger partial charge on any atom is -0.353 e. The van der Waals surface area contributed by atoms with Crippen molar-refractivity contribution in [1.82, 2.24) is 9.29 Å². The van der Waals surface area contributed by atoms with Gasteiger partial charge in [-0.1, -0.05) is 18.2 Å². The lowest BCUT2D eigenvalue weighted by molar-refractivity contribution is -0.137. The molecule has 1 aliphatic heterocycles. The van der Waals surface area contributed by atoms with Crippen LogP contribution in [0.4, 0.5) is 19.0 Å². The summed E-state index contributed by atoms with van der Waals surface area (Å²) in [6, 6.07) is 8.89. The van der Waals surface area contributed by atoms with Crippen LogP contribution in [0.2, 0.25) is 0 Å². The highest BCUT2D eigenvalue weighted by atomic mass is 32.2. The van der Waals surface area contributed by atoms with Gasteiger partial charge in [0.25, 0.3) is 0 Å². The molecule has 0 spiro atoms. The molecule has 1 fully saturated rings. The van der Waals surface area contributed by atoms with Gasteiger partial charge in [0.1, 0.15) is 5.82 Å². The Morgan fingerprint density at radius 1 is 1.00 bits per heavy atom. The molecule has 2 heterocycles. The molecule has 0 atom stereocenters. The molecule has 1 aromatic carbocycles. The van der Waals surface area contributed by atoms with Crippen molar-refractivity contribution < 1.29 is 21.6 Å². The first kappa shape index (κ1) is 18.7. The highest BCUT2D eigenvalue weighted by Gasteiger charge is 2.37. The number of piperazine rings is 1. The largest absolute Gasteiger partial charge is 0.419 e. The van der Waals surface area contributed by atoms with Crippen molar-refractivity contribution in [2.75, 3.05) is 31.1 Å². The second-order valence-corrected chi connectivity index (χ2v) is 7.94. The number of sulfonamides is 1. The second kappa shape index (κ2) is 6.88. The van der Waals surface area contributed by atoms with Gasteiger partial charge in [0, 0.05) is 32.4 Å². The van der Waals surface area contributed by atoms with Crippen molar-refractivity contribution in [3.63, 3.8) is 0 Å². The minimum absolute atomic E-state index is 0.102. The number of aromatic nitrogens is 1. The van der Waals surface area contributed by atoms with E-state index in [1.807, 2.05) is 0 Å². The fraction of sp³-hybridized carbons (Fsp3) is 0.353. The quantitative estimate of drug-likeness (QED) is 0.815. The van der Waals surface area contributed by atoms with Crippen LogP contribution in [0.5, 0.6) is 0 Å². The lowest BCUT2D eigenvalue weighted by Crippen LogP contribution is -2.49. The third-order valence-corrected chi connectivity index (χ3v) is 6.40. The number of halogens is 3. The summed E-state index contributed by atoms with van der Waals surface area (Å²) < 4.78 is 66.4. The molecule has 5 nitrogen and oxygen atoms in total. The summed E-state index contributed by atoms with van der Waals surface area (Å²) in [6.07, 6.45) is -3.20. The topological polar surface area (TPSA) is 53.5 Å². The van der Waals surface area contributed by atoms with Crippen molar-refractivity contribution in [1.29, 1.82) is 0 Å². The lowest BCUT2D eigenvalue weighted by Gasteiger charge is -2.35. The number of nitrogens with zero attached hydrogens (tertiary/aromatic N) is 3. The summed E-state index contributed by atoms with van der Waals surface area (Å²) in [5.41, 5.74) is -0.172. The van der Waals surface area contributed by atoms with Gasteiger partial charge in [0.15, 0.2) is 0 Å². The standard InChI is InChI=1S/C17H18F3N3O2S/c1-13-5-2-3-7-15(13)26(24,25)23-11-9-22(10-12-23)16-14(17(18,19)20)6-4-8-21-16/h2-8H,9-12H2,1H3. The Bertz CT molecular complexity index is 892. The Hall–Kier alpha value is -2.13. The van der Waals surface area contributed by atoms with Crippen molar-refractivity contribution in [2.45, 2.75) is 18.0 Å². The average molecular weight is 385 g/mol. The molecule has 1 aliphatic rings. The van der Waals surface area contributed by atoms with E-state index in [0.29, 0.717) is 5.56 Å². The first-order valence-corrected chi connectivity index (χ1v) is 9.48.